The van der Waals surface area contributed by atoms with Gasteiger partial charge in [0.15, 0.2) is 0 Å². The van der Waals surface area contributed by atoms with E-state index in [1.54, 1.807) is 5.41 Å². The van der Waals surface area contributed by atoms with E-state index in [2.05, 4.69) is 28.6 Å². The summed E-state index contributed by atoms with van der Waals surface area (Å²) in [7, 11) is 0. The monoisotopic (exact) mass is 179 g/mol. The van der Waals surface area contributed by atoms with Crippen LogP contribution in [0, 0.1) is 5.41 Å². The molecule has 0 fully saturated rings. The molecule has 0 aliphatic carbocycles. The largest absolute Gasteiger partial charge is 0.293 e. The average molecular weight is 180 g/mol. The highest BCUT2D eigenvalue weighted by atomic mass is 79.9. The van der Waals surface area contributed by atoms with Crippen LogP contribution in [0.4, 0.5) is 0 Å². The van der Waals surface area contributed by atoms with Gasteiger partial charge in [0, 0.05) is 0 Å². The summed E-state index contributed by atoms with van der Waals surface area (Å²) in [5, 5.41) is 8.48. The zero-order valence-electron chi connectivity index (χ0n) is 3.90. The summed E-state index contributed by atoms with van der Waals surface area (Å²) in [6, 6.07) is 0. The highest BCUT2D eigenvalue weighted by Gasteiger charge is 1.87. The van der Waals surface area contributed by atoms with Crippen LogP contribution in [0.3, 0.4) is 0 Å². The Labute approximate surface area is 56.9 Å². The van der Waals surface area contributed by atoms with Gasteiger partial charge in [-0.25, -0.2) is 0 Å². The van der Waals surface area contributed by atoms with Crippen LogP contribution < -0.4 is 0 Å². The molecule has 7 heavy (non-hydrogen) atoms. The van der Waals surface area contributed by atoms with Crippen molar-refractivity contribution < 1.29 is 0 Å². The molecule has 0 aliphatic rings. The van der Waals surface area contributed by atoms with Crippen molar-refractivity contribution in [2.24, 2.45) is 0 Å². The Morgan fingerprint density at radius 3 is 2.29 bits per heavy atom. The van der Waals surface area contributed by atoms with Crippen molar-refractivity contribution in [3.05, 3.63) is 11.0 Å². The third-order valence-electron chi connectivity index (χ3n) is 0.540. The molecule has 0 radical (unpaired) electrons. The third-order valence-corrected chi connectivity index (χ3v) is 1.55. The molecule has 0 aromatic rings. The molecule has 40 valence electrons. The molecule has 0 bridgehead atoms. The topological polar surface area (TPSA) is 23.9 Å². The van der Waals surface area contributed by atoms with E-state index in [1.807, 2.05) is 6.92 Å². The van der Waals surface area contributed by atoms with Crippen molar-refractivity contribution >= 4 is 33.2 Å². The van der Waals surface area contributed by atoms with E-state index in [0.29, 0.717) is 4.62 Å². The predicted molar refractivity (Wildman–Crippen MR) is 39.4 cm³/mol. The van der Waals surface area contributed by atoms with Crippen LogP contribution in [-0.4, -0.2) is 4.62 Å². The van der Waals surface area contributed by atoms with E-state index < -0.39 is 0 Å². The van der Waals surface area contributed by atoms with Gasteiger partial charge in [0.05, 0.1) is 0 Å². The van der Waals surface area contributed by atoms with Gasteiger partial charge in [0.25, 0.3) is 0 Å². The maximum Gasteiger partial charge on any atom is 0.100 e. The van der Waals surface area contributed by atoms with Crippen molar-refractivity contribution in [1.82, 2.24) is 0 Å². The molecule has 0 saturated carbocycles. The van der Waals surface area contributed by atoms with Crippen molar-refractivity contribution in [1.29, 1.82) is 5.41 Å². The maximum absolute atomic E-state index is 6.90. The fourth-order valence-corrected chi connectivity index (χ4v) is 0.477. The van der Waals surface area contributed by atoms with Gasteiger partial charge < -0.3 is 0 Å². The molecule has 0 saturated heterocycles. The van der Waals surface area contributed by atoms with E-state index in [1.165, 1.54) is 0 Å². The molecule has 0 aromatic carbocycles. The summed E-state index contributed by atoms with van der Waals surface area (Å²) in [6.45, 7) is 1.81. The third kappa shape index (κ3) is 2.88. The van der Waals surface area contributed by atoms with Crippen LogP contribution in [0.15, 0.2) is 11.0 Å². The van der Waals surface area contributed by atoms with Gasteiger partial charge in [-0.3, -0.25) is 5.41 Å². The standard InChI is InChI=1S/C4H6BrNS/c1-3(2-7)4(5)6/h2,6-7H,1H3/b3-2-,6-4?. The van der Waals surface area contributed by atoms with E-state index in [-0.39, 0.29) is 0 Å². The second kappa shape index (κ2) is 3.27. The molecular weight excluding hydrogens is 174 g/mol. The average Bonchev–Trinajstić information content (AvgIpc) is 1.65. The first-order valence-corrected chi connectivity index (χ1v) is 3.05. The van der Waals surface area contributed by atoms with Crippen LogP contribution in [0.2, 0.25) is 0 Å². The lowest BCUT2D eigenvalue weighted by Gasteiger charge is -1.86. The summed E-state index contributed by atoms with van der Waals surface area (Å²) < 4.78 is 0.391. The van der Waals surface area contributed by atoms with Gasteiger partial charge >= 0.3 is 0 Å². The minimum Gasteiger partial charge on any atom is -0.293 e. The zero-order valence-corrected chi connectivity index (χ0v) is 6.38. The zero-order chi connectivity index (χ0) is 5.86. The molecule has 0 amide bonds. The Morgan fingerprint density at radius 2 is 2.29 bits per heavy atom. The molecule has 1 nitrogen and oxygen atoms in total. The van der Waals surface area contributed by atoms with E-state index in [0.717, 1.165) is 5.57 Å². The van der Waals surface area contributed by atoms with E-state index in [9.17, 15) is 0 Å². The molecule has 3 heteroatoms. The number of hydrogen-bond acceptors (Lipinski definition) is 2. The minimum absolute atomic E-state index is 0.391. The van der Waals surface area contributed by atoms with Crippen molar-refractivity contribution in [2.75, 3.05) is 0 Å². The van der Waals surface area contributed by atoms with Crippen LogP contribution in [0.1, 0.15) is 6.92 Å². The second-order valence-electron chi connectivity index (χ2n) is 1.13. The Kier molecular flexibility index (Phi) is 3.38. The Morgan fingerprint density at radius 1 is 1.86 bits per heavy atom. The second-order valence-corrected chi connectivity index (χ2v) is 2.18. The summed E-state index contributed by atoms with van der Waals surface area (Å²) in [5.41, 5.74) is 0.836. The number of halogens is 1. The predicted octanol–water partition coefficient (Wildman–Crippen LogP) is 2.19. The number of nitrogens with one attached hydrogen (secondary N) is 1. The number of allylic oxidation sites excluding steroid dienone is 1. The maximum atomic E-state index is 6.90. The highest BCUT2D eigenvalue weighted by Crippen LogP contribution is 2.01. The van der Waals surface area contributed by atoms with Gasteiger partial charge in [0.2, 0.25) is 0 Å². The smallest absolute Gasteiger partial charge is 0.100 e. The van der Waals surface area contributed by atoms with Crippen molar-refractivity contribution in [3.63, 3.8) is 0 Å². The van der Waals surface area contributed by atoms with Crippen molar-refractivity contribution in [3.8, 4) is 0 Å². The van der Waals surface area contributed by atoms with Crippen LogP contribution in [0.25, 0.3) is 0 Å². The van der Waals surface area contributed by atoms with Gasteiger partial charge in [-0.15, -0.1) is 0 Å². The van der Waals surface area contributed by atoms with E-state index in [4.69, 9.17) is 5.41 Å². The molecule has 0 aliphatic heterocycles. The van der Waals surface area contributed by atoms with Gasteiger partial charge in [-0.05, 0) is 33.8 Å². The number of rotatable bonds is 1. The lowest BCUT2D eigenvalue weighted by atomic mass is 10.4. The normalized spacial score (nSPS) is 11.6. The summed E-state index contributed by atoms with van der Waals surface area (Å²) in [4.78, 5) is 0. The molecule has 0 rings (SSSR count). The first-order chi connectivity index (χ1) is 3.18. The number of thiol groups is 1. The fraction of sp³-hybridized carbons (Fsp3) is 0.250. The lowest BCUT2D eigenvalue weighted by Crippen LogP contribution is -1.81. The first kappa shape index (κ1) is 7.24. The highest BCUT2D eigenvalue weighted by molar-refractivity contribution is 9.18. The van der Waals surface area contributed by atoms with Gasteiger partial charge in [0.1, 0.15) is 4.62 Å². The molecule has 0 unspecified atom stereocenters. The summed E-state index contributed by atoms with van der Waals surface area (Å²) in [6.07, 6.45) is 0. The molecule has 1 N–H and O–H groups in total. The Balaban J connectivity index is 3.82. The lowest BCUT2D eigenvalue weighted by molar-refractivity contribution is 1.51. The fourth-order valence-electron chi connectivity index (χ4n) is 0.0567. The van der Waals surface area contributed by atoms with E-state index >= 15 is 0 Å². The molecule has 0 heterocycles. The van der Waals surface area contributed by atoms with Crippen molar-refractivity contribution in [2.45, 2.75) is 6.92 Å². The quantitative estimate of drug-likeness (QED) is 0.456. The van der Waals surface area contributed by atoms with Gasteiger partial charge in [-0.2, -0.15) is 12.6 Å². The summed E-state index contributed by atoms with van der Waals surface area (Å²) >= 11 is 6.79. The number of hydrogen-bond donors (Lipinski definition) is 2. The Hall–Kier alpha value is 0.240. The minimum atomic E-state index is 0.391. The molecule has 0 atom stereocenters. The van der Waals surface area contributed by atoms with Crippen LogP contribution >= 0.6 is 28.6 Å². The Bertz CT molecular complexity index is 108. The molecular formula is C4H6BrNS. The molecule has 0 spiro atoms. The van der Waals surface area contributed by atoms with Crippen LogP contribution in [-0.2, 0) is 0 Å². The van der Waals surface area contributed by atoms with Crippen LogP contribution in [0.5, 0.6) is 0 Å². The molecule has 0 aromatic heterocycles. The summed E-state index contributed by atoms with van der Waals surface area (Å²) in [5.74, 6) is 0. The SMILES string of the molecule is C/C(=C/S)C(=N)Br. The van der Waals surface area contributed by atoms with Gasteiger partial charge in [-0.1, -0.05) is 0 Å². The first-order valence-electron chi connectivity index (χ1n) is 1.74.